The molecule has 3 aromatic rings. The normalized spacial score (nSPS) is 13.6. The fourth-order valence-electron chi connectivity index (χ4n) is 3.69. The number of carbonyl (C=O) groups excluding carboxylic acids is 1. The van der Waals surface area contributed by atoms with Crippen molar-refractivity contribution in [2.75, 3.05) is 18.4 Å². The van der Waals surface area contributed by atoms with E-state index in [1.165, 1.54) is 18.4 Å². The smallest absolute Gasteiger partial charge is 0.265 e. The molecule has 1 aliphatic heterocycles. The molecule has 1 amide bonds. The van der Waals surface area contributed by atoms with Crippen LogP contribution in [-0.4, -0.2) is 32.9 Å². The molecule has 0 bridgehead atoms. The molecule has 4 rings (SSSR count). The Kier molecular flexibility index (Phi) is 5.77. The molecule has 0 radical (unpaired) electrons. The van der Waals surface area contributed by atoms with Gasteiger partial charge in [-0.2, -0.15) is 0 Å². The maximum atomic E-state index is 13.1. The highest BCUT2D eigenvalue weighted by atomic mass is 32.2. The molecule has 8 heteroatoms. The first kappa shape index (κ1) is 21.4. The van der Waals surface area contributed by atoms with E-state index in [4.69, 9.17) is 4.74 Å². The summed E-state index contributed by atoms with van der Waals surface area (Å²) in [6.45, 7) is 4.88. The summed E-state index contributed by atoms with van der Waals surface area (Å²) in [6.07, 6.45) is 0.741. The van der Waals surface area contributed by atoms with E-state index >= 15 is 0 Å². The third kappa shape index (κ3) is 4.31. The number of methoxy groups -OCH3 is 1. The summed E-state index contributed by atoms with van der Waals surface area (Å²) in [7, 11) is -2.38. The highest BCUT2D eigenvalue weighted by Gasteiger charge is 2.24. The number of nitrogens with zero attached hydrogens (tertiary/aromatic N) is 1. The lowest BCUT2D eigenvalue weighted by Gasteiger charge is -2.29. The minimum absolute atomic E-state index is 0.00602. The molecule has 6 nitrogen and oxygen atoms in total. The van der Waals surface area contributed by atoms with Crippen molar-refractivity contribution in [3.05, 3.63) is 75.0 Å². The number of hydrogen-bond acceptors (Lipinski definition) is 5. The summed E-state index contributed by atoms with van der Waals surface area (Å²) in [4.78, 5) is 15.3. The zero-order valence-electron chi connectivity index (χ0n) is 17.6. The second-order valence-electron chi connectivity index (χ2n) is 7.63. The zero-order valence-corrected chi connectivity index (χ0v) is 19.3. The molecule has 0 fully saturated rings. The fourth-order valence-corrected chi connectivity index (χ4v) is 5.67. The fraction of sp³-hybridized carbons (Fsp3) is 0.261. The van der Waals surface area contributed by atoms with Gasteiger partial charge in [-0.1, -0.05) is 12.1 Å². The Hall–Kier alpha value is -2.84. The third-order valence-corrected chi connectivity index (χ3v) is 7.82. The molecule has 2 aromatic carbocycles. The Labute approximate surface area is 186 Å². The van der Waals surface area contributed by atoms with Gasteiger partial charge in [-0.05, 0) is 78.2 Å². The molecule has 0 aliphatic carbocycles. The summed E-state index contributed by atoms with van der Waals surface area (Å²) < 4.78 is 34.2. The summed E-state index contributed by atoms with van der Waals surface area (Å²) in [5.41, 5.74) is 4.37. The van der Waals surface area contributed by atoms with Gasteiger partial charge in [0.2, 0.25) is 0 Å². The first-order valence-corrected chi connectivity index (χ1v) is 12.3. The van der Waals surface area contributed by atoms with Gasteiger partial charge in [0.25, 0.3) is 15.9 Å². The lowest BCUT2D eigenvalue weighted by Crippen LogP contribution is -2.35. The van der Waals surface area contributed by atoms with Crippen LogP contribution in [0.25, 0.3) is 0 Å². The number of aryl methyl sites for hydroxylation is 2. The summed E-state index contributed by atoms with van der Waals surface area (Å²) in [5, 5.41) is 1.89. The maximum absolute atomic E-state index is 13.1. The highest BCUT2D eigenvalue weighted by molar-refractivity contribution is 7.92. The van der Waals surface area contributed by atoms with Crippen LogP contribution in [0.2, 0.25) is 0 Å². The predicted octanol–water partition coefficient (Wildman–Crippen LogP) is 4.37. The molecule has 0 spiro atoms. The largest absolute Gasteiger partial charge is 0.495 e. The van der Waals surface area contributed by atoms with Crippen molar-refractivity contribution in [3.8, 4) is 5.75 Å². The number of sulfonamides is 1. The van der Waals surface area contributed by atoms with E-state index in [-0.39, 0.29) is 10.8 Å². The van der Waals surface area contributed by atoms with Gasteiger partial charge in [-0.25, -0.2) is 8.42 Å². The summed E-state index contributed by atoms with van der Waals surface area (Å²) in [6, 6.07) is 12.5. The van der Waals surface area contributed by atoms with Crippen LogP contribution < -0.4 is 9.46 Å². The topological polar surface area (TPSA) is 75.7 Å². The van der Waals surface area contributed by atoms with Crippen LogP contribution in [0, 0.1) is 13.8 Å². The van der Waals surface area contributed by atoms with Gasteiger partial charge in [-0.3, -0.25) is 9.52 Å². The average molecular weight is 457 g/mol. The van der Waals surface area contributed by atoms with E-state index in [2.05, 4.69) is 4.72 Å². The van der Waals surface area contributed by atoms with Crippen molar-refractivity contribution in [3.63, 3.8) is 0 Å². The predicted molar refractivity (Wildman–Crippen MR) is 122 cm³/mol. The Morgan fingerprint density at radius 2 is 1.87 bits per heavy atom. The standard InChI is InChI=1S/C23H24N2O4S2/c1-15-11-20(29-3)22(12-16(15)2)31(27,28)24-19-7-6-17-8-9-25(14-18(17)13-19)23(26)21-5-4-10-30-21/h4-7,10-13,24H,8-9,14H2,1-3H3. The Balaban J connectivity index is 1.59. The van der Waals surface area contributed by atoms with Crippen molar-refractivity contribution in [1.29, 1.82) is 0 Å². The van der Waals surface area contributed by atoms with E-state index < -0.39 is 10.0 Å². The van der Waals surface area contributed by atoms with Crippen molar-refractivity contribution in [2.24, 2.45) is 0 Å². The van der Waals surface area contributed by atoms with Crippen molar-refractivity contribution < 1.29 is 17.9 Å². The molecule has 2 heterocycles. The van der Waals surface area contributed by atoms with Gasteiger partial charge < -0.3 is 9.64 Å². The molecule has 1 N–H and O–H groups in total. The molecule has 31 heavy (non-hydrogen) atoms. The molecule has 0 unspecified atom stereocenters. The Morgan fingerprint density at radius 3 is 2.58 bits per heavy atom. The number of fused-ring (bicyclic) bond motifs is 1. The number of benzene rings is 2. The monoisotopic (exact) mass is 456 g/mol. The number of anilines is 1. The highest BCUT2D eigenvalue weighted by Crippen LogP contribution is 2.30. The molecular weight excluding hydrogens is 432 g/mol. The van der Waals surface area contributed by atoms with E-state index in [9.17, 15) is 13.2 Å². The van der Waals surface area contributed by atoms with Crippen LogP contribution in [0.5, 0.6) is 5.75 Å². The number of thiophene rings is 1. The number of amides is 1. The maximum Gasteiger partial charge on any atom is 0.265 e. The molecule has 1 aliphatic rings. The zero-order chi connectivity index (χ0) is 22.2. The number of hydrogen-bond donors (Lipinski definition) is 1. The van der Waals surface area contributed by atoms with Crippen molar-refractivity contribution >= 4 is 33.0 Å². The molecule has 162 valence electrons. The van der Waals surface area contributed by atoms with E-state index in [1.54, 1.807) is 23.1 Å². The number of nitrogens with one attached hydrogen (secondary N) is 1. The quantitative estimate of drug-likeness (QED) is 0.619. The molecule has 0 atom stereocenters. The Bertz CT molecular complexity index is 1230. The van der Waals surface area contributed by atoms with Gasteiger partial charge in [0, 0.05) is 18.8 Å². The summed E-state index contributed by atoms with van der Waals surface area (Å²) in [5.74, 6) is 0.313. The number of rotatable bonds is 5. The average Bonchev–Trinajstić information content (AvgIpc) is 3.29. The van der Waals surface area contributed by atoms with E-state index in [0.29, 0.717) is 29.4 Å². The van der Waals surface area contributed by atoms with Crippen LogP contribution in [0.3, 0.4) is 0 Å². The molecule has 0 saturated carbocycles. The van der Waals surface area contributed by atoms with Crippen LogP contribution in [-0.2, 0) is 23.0 Å². The third-order valence-electron chi connectivity index (χ3n) is 5.56. The Morgan fingerprint density at radius 1 is 1.10 bits per heavy atom. The SMILES string of the molecule is COc1cc(C)c(C)cc1S(=O)(=O)Nc1ccc2c(c1)CN(C(=O)c1cccs1)CC2. The van der Waals surface area contributed by atoms with Gasteiger partial charge >= 0.3 is 0 Å². The van der Waals surface area contributed by atoms with Crippen molar-refractivity contribution in [1.82, 2.24) is 4.90 Å². The molecular formula is C23H24N2O4S2. The van der Waals surface area contributed by atoms with Gasteiger partial charge in [0.15, 0.2) is 0 Å². The number of carbonyl (C=O) groups is 1. The second-order valence-corrected chi connectivity index (χ2v) is 10.2. The second kappa shape index (κ2) is 8.36. The van der Waals surface area contributed by atoms with Crippen LogP contribution in [0.15, 0.2) is 52.7 Å². The number of ether oxygens (including phenoxy) is 1. The van der Waals surface area contributed by atoms with Crippen LogP contribution >= 0.6 is 11.3 Å². The van der Waals surface area contributed by atoms with E-state index in [0.717, 1.165) is 28.7 Å². The minimum Gasteiger partial charge on any atom is -0.495 e. The molecule has 0 saturated heterocycles. The van der Waals surface area contributed by atoms with Gasteiger partial charge in [0.1, 0.15) is 10.6 Å². The first-order chi connectivity index (χ1) is 14.8. The first-order valence-electron chi connectivity index (χ1n) is 9.91. The molecule has 1 aromatic heterocycles. The lowest BCUT2D eigenvalue weighted by molar-refractivity contribution is 0.0739. The minimum atomic E-state index is -3.84. The van der Waals surface area contributed by atoms with Gasteiger partial charge in [-0.15, -0.1) is 11.3 Å². The van der Waals surface area contributed by atoms with Gasteiger partial charge in [0.05, 0.1) is 12.0 Å². The lowest BCUT2D eigenvalue weighted by atomic mass is 9.99. The van der Waals surface area contributed by atoms with Crippen molar-refractivity contribution in [2.45, 2.75) is 31.7 Å². The summed E-state index contributed by atoms with van der Waals surface area (Å²) >= 11 is 1.43. The van der Waals surface area contributed by atoms with Crippen LogP contribution in [0.4, 0.5) is 5.69 Å². The van der Waals surface area contributed by atoms with Crippen LogP contribution in [0.1, 0.15) is 31.9 Å². The van der Waals surface area contributed by atoms with E-state index in [1.807, 2.05) is 43.5 Å².